The fraction of sp³-hybridized carbons (Fsp3) is 0.474. The van der Waals surface area contributed by atoms with Gasteiger partial charge in [0, 0.05) is 43.1 Å². The monoisotopic (exact) mass is 387 g/mol. The van der Waals surface area contributed by atoms with Gasteiger partial charge in [-0.2, -0.15) is 16.9 Å². The van der Waals surface area contributed by atoms with Crippen molar-refractivity contribution in [1.82, 2.24) is 14.7 Å². The number of carbonyl (C=O) groups is 1. The van der Waals surface area contributed by atoms with Gasteiger partial charge in [0.2, 0.25) is 12.7 Å². The second-order valence-electron chi connectivity index (χ2n) is 6.85. The number of thioether (sulfide) groups is 1. The van der Waals surface area contributed by atoms with Gasteiger partial charge in [0.1, 0.15) is 0 Å². The maximum Gasteiger partial charge on any atom is 0.274 e. The van der Waals surface area contributed by atoms with E-state index in [2.05, 4.69) is 17.2 Å². The van der Waals surface area contributed by atoms with Gasteiger partial charge in [-0.05, 0) is 24.1 Å². The highest BCUT2D eigenvalue weighted by Gasteiger charge is 2.27. The maximum absolute atomic E-state index is 12.9. The van der Waals surface area contributed by atoms with Crippen LogP contribution in [0.2, 0.25) is 0 Å². The molecule has 1 amide bonds. The van der Waals surface area contributed by atoms with Crippen molar-refractivity contribution in [2.45, 2.75) is 24.6 Å². The number of rotatable bonds is 2. The molecule has 1 aromatic carbocycles. The van der Waals surface area contributed by atoms with Crippen molar-refractivity contribution >= 4 is 17.7 Å². The Kier molecular flexibility index (Phi) is 4.35. The highest BCUT2D eigenvalue weighted by atomic mass is 32.2. The van der Waals surface area contributed by atoms with E-state index < -0.39 is 0 Å². The van der Waals surface area contributed by atoms with E-state index in [1.54, 1.807) is 10.7 Å². The van der Waals surface area contributed by atoms with Gasteiger partial charge in [-0.1, -0.05) is 6.07 Å². The lowest BCUT2D eigenvalue weighted by molar-refractivity contribution is 0.0759. The van der Waals surface area contributed by atoms with Crippen LogP contribution in [0.5, 0.6) is 17.4 Å². The summed E-state index contributed by atoms with van der Waals surface area (Å²) in [6, 6.07) is 7.91. The van der Waals surface area contributed by atoms with Crippen LogP contribution < -0.4 is 14.2 Å². The van der Waals surface area contributed by atoms with Crippen LogP contribution in [0.4, 0.5) is 0 Å². The minimum absolute atomic E-state index is 0.00700. The third-order valence-corrected chi connectivity index (χ3v) is 6.45. The van der Waals surface area contributed by atoms with E-state index in [4.69, 9.17) is 14.2 Å². The summed E-state index contributed by atoms with van der Waals surface area (Å²) in [6.45, 7) is 3.24. The molecule has 0 N–H and O–H groups in total. The number of aryl methyl sites for hydroxylation is 1. The third kappa shape index (κ3) is 3.22. The number of amides is 1. The first-order valence-electron chi connectivity index (χ1n) is 9.29. The van der Waals surface area contributed by atoms with Crippen LogP contribution in [0, 0.1) is 0 Å². The van der Waals surface area contributed by atoms with Crippen molar-refractivity contribution < 1.29 is 19.0 Å². The van der Waals surface area contributed by atoms with Crippen molar-refractivity contribution in [2.75, 3.05) is 32.2 Å². The normalized spacial score (nSPS) is 21.3. The van der Waals surface area contributed by atoms with Crippen LogP contribution in [-0.4, -0.2) is 52.8 Å². The lowest BCUT2D eigenvalue weighted by atomic mass is 10.1. The molecule has 0 aliphatic carbocycles. The first-order valence-corrected chi connectivity index (χ1v) is 10.3. The fourth-order valence-corrected chi connectivity index (χ4v) is 4.91. The Bertz CT molecular complexity index is 845. The molecule has 4 heterocycles. The minimum atomic E-state index is -0.00700. The summed E-state index contributed by atoms with van der Waals surface area (Å²) in [5, 5.41) is 4.78. The predicted octanol–water partition coefficient (Wildman–Crippen LogP) is 2.71. The van der Waals surface area contributed by atoms with Gasteiger partial charge in [-0.25, -0.2) is 4.68 Å². The summed E-state index contributed by atoms with van der Waals surface area (Å²) in [5.41, 5.74) is 1.71. The summed E-state index contributed by atoms with van der Waals surface area (Å²) in [6.07, 6.45) is 1.83. The summed E-state index contributed by atoms with van der Waals surface area (Å²) in [4.78, 5) is 14.8. The zero-order valence-corrected chi connectivity index (χ0v) is 15.7. The Morgan fingerprint density at radius 1 is 1.11 bits per heavy atom. The molecule has 1 atom stereocenters. The molecule has 27 heavy (non-hydrogen) atoms. The molecule has 1 saturated heterocycles. The minimum Gasteiger partial charge on any atom is -0.478 e. The quantitative estimate of drug-likeness (QED) is 0.789. The molecular weight excluding hydrogens is 366 g/mol. The van der Waals surface area contributed by atoms with Gasteiger partial charge in [0.25, 0.3) is 5.91 Å². The van der Waals surface area contributed by atoms with Crippen molar-refractivity contribution in [3.05, 3.63) is 35.5 Å². The largest absolute Gasteiger partial charge is 0.478 e. The molecule has 2 aromatic rings. The zero-order chi connectivity index (χ0) is 18.2. The Labute approximate surface area is 161 Å². The number of fused-ring (bicyclic) bond motifs is 2. The van der Waals surface area contributed by atoms with Crippen LogP contribution in [0.15, 0.2) is 24.3 Å². The first-order chi connectivity index (χ1) is 13.3. The average Bonchev–Trinajstić information content (AvgIpc) is 3.27. The number of nitrogens with zero attached hydrogens (tertiary/aromatic N) is 3. The van der Waals surface area contributed by atoms with E-state index in [9.17, 15) is 4.79 Å². The van der Waals surface area contributed by atoms with E-state index in [0.29, 0.717) is 30.0 Å². The smallest absolute Gasteiger partial charge is 0.274 e. The maximum atomic E-state index is 12.9. The van der Waals surface area contributed by atoms with Gasteiger partial charge in [-0.15, -0.1) is 0 Å². The topological polar surface area (TPSA) is 65.8 Å². The molecule has 0 radical (unpaired) electrons. The predicted molar refractivity (Wildman–Crippen MR) is 101 cm³/mol. The van der Waals surface area contributed by atoms with E-state index in [-0.39, 0.29) is 12.7 Å². The van der Waals surface area contributed by atoms with Gasteiger partial charge in [-0.3, -0.25) is 4.79 Å². The Hall–Kier alpha value is -2.35. The third-order valence-electron chi connectivity index (χ3n) is 5.12. The van der Waals surface area contributed by atoms with Gasteiger partial charge in [0.05, 0.1) is 6.61 Å². The van der Waals surface area contributed by atoms with Crippen LogP contribution in [0.3, 0.4) is 0 Å². The Morgan fingerprint density at radius 2 is 2.04 bits per heavy atom. The molecule has 1 aromatic heterocycles. The van der Waals surface area contributed by atoms with Crippen LogP contribution in [-0.2, 0) is 6.54 Å². The number of hydrogen-bond donors (Lipinski definition) is 0. The number of hydrogen-bond acceptors (Lipinski definition) is 6. The van der Waals surface area contributed by atoms with Crippen molar-refractivity contribution in [3.8, 4) is 17.4 Å². The Morgan fingerprint density at radius 3 is 2.96 bits per heavy atom. The van der Waals surface area contributed by atoms with Crippen LogP contribution in [0.25, 0.3) is 0 Å². The molecule has 3 aliphatic heterocycles. The lowest BCUT2D eigenvalue weighted by Gasteiger charge is -2.19. The van der Waals surface area contributed by atoms with Crippen LogP contribution in [0.1, 0.15) is 34.1 Å². The fourth-order valence-electron chi connectivity index (χ4n) is 3.69. The zero-order valence-electron chi connectivity index (χ0n) is 14.9. The number of carbonyl (C=O) groups excluding carboxylic acids is 1. The second-order valence-corrected chi connectivity index (χ2v) is 8.16. The summed E-state index contributed by atoms with van der Waals surface area (Å²) < 4.78 is 18.3. The summed E-state index contributed by atoms with van der Waals surface area (Å²) in [7, 11) is 0. The summed E-state index contributed by atoms with van der Waals surface area (Å²) in [5.74, 6) is 3.21. The van der Waals surface area contributed by atoms with Crippen molar-refractivity contribution in [1.29, 1.82) is 0 Å². The molecule has 1 unspecified atom stereocenters. The highest BCUT2D eigenvalue weighted by molar-refractivity contribution is 7.99. The average molecular weight is 387 g/mol. The van der Waals surface area contributed by atoms with Gasteiger partial charge < -0.3 is 19.1 Å². The van der Waals surface area contributed by atoms with E-state index in [1.165, 1.54) is 5.56 Å². The van der Waals surface area contributed by atoms with E-state index in [0.717, 1.165) is 43.2 Å². The van der Waals surface area contributed by atoms with E-state index >= 15 is 0 Å². The van der Waals surface area contributed by atoms with Crippen LogP contribution >= 0.6 is 11.8 Å². The van der Waals surface area contributed by atoms with Gasteiger partial charge >= 0.3 is 0 Å². The molecule has 0 saturated carbocycles. The Balaban J connectivity index is 1.28. The molecule has 0 spiro atoms. The number of ether oxygens (including phenoxy) is 3. The molecule has 142 valence electrons. The molecule has 5 rings (SSSR count). The first kappa shape index (κ1) is 16.8. The van der Waals surface area contributed by atoms with Crippen molar-refractivity contribution in [3.63, 3.8) is 0 Å². The lowest BCUT2D eigenvalue weighted by Crippen LogP contribution is -2.33. The molecule has 8 heteroatoms. The molecule has 7 nitrogen and oxygen atoms in total. The molecule has 1 fully saturated rings. The molecule has 3 aliphatic rings. The van der Waals surface area contributed by atoms with Gasteiger partial charge in [0.15, 0.2) is 17.2 Å². The molecular formula is C19H21N3O4S. The highest BCUT2D eigenvalue weighted by Crippen LogP contribution is 2.40. The number of aromatic nitrogens is 2. The second kappa shape index (κ2) is 6.99. The van der Waals surface area contributed by atoms with E-state index in [1.807, 2.05) is 22.7 Å². The standard InChI is InChI=1S/C19H21N3O4S/c23-19(14-11-18-22(20-14)5-1-8-24-18)21-6-4-17(27-9-7-21)13-2-3-15-16(10-13)26-12-25-15/h2-3,10-11,17H,1,4-9,12H2. The number of benzene rings is 1. The molecule has 0 bridgehead atoms. The van der Waals surface area contributed by atoms with Crippen molar-refractivity contribution in [2.24, 2.45) is 0 Å². The SMILES string of the molecule is O=C(c1cc2n(n1)CCCO2)N1CCSC(c2ccc3c(c2)OCO3)CC1. The summed E-state index contributed by atoms with van der Waals surface area (Å²) >= 11 is 1.89.